The molecule has 18 heavy (non-hydrogen) atoms. The van der Waals surface area contributed by atoms with E-state index in [-0.39, 0.29) is 11.3 Å². The van der Waals surface area contributed by atoms with Crippen molar-refractivity contribution in [2.24, 2.45) is 0 Å². The van der Waals surface area contributed by atoms with E-state index in [1.807, 2.05) is 0 Å². The number of aryl methyl sites for hydroxylation is 2. The summed E-state index contributed by atoms with van der Waals surface area (Å²) in [6, 6.07) is 0.571. The van der Waals surface area contributed by atoms with Crippen LogP contribution in [0.5, 0.6) is 0 Å². The normalized spacial score (nSPS) is 13.8. The Morgan fingerprint density at radius 3 is 1.83 bits per heavy atom. The minimum absolute atomic E-state index is 0.102. The van der Waals surface area contributed by atoms with Crippen LogP contribution in [0.15, 0.2) is 12.3 Å². The molecule has 0 aromatic carbocycles. The smallest absolute Gasteiger partial charge is 0.261 e. The second-order valence-corrected chi connectivity index (χ2v) is 3.77. The van der Waals surface area contributed by atoms with Crippen LogP contribution in [0.4, 0.5) is 30.7 Å². The van der Waals surface area contributed by atoms with Gasteiger partial charge >= 0.3 is 18.0 Å². The average Bonchev–Trinajstić information content (AvgIpc) is 2.20. The van der Waals surface area contributed by atoms with Crippen LogP contribution < -0.4 is 0 Å². The van der Waals surface area contributed by atoms with Gasteiger partial charge in [0.2, 0.25) is 0 Å². The molecule has 0 saturated carbocycles. The second kappa shape index (κ2) is 4.10. The van der Waals surface area contributed by atoms with Gasteiger partial charge in [-0.25, -0.2) is 0 Å². The molecule has 0 saturated heterocycles. The van der Waals surface area contributed by atoms with Crippen molar-refractivity contribution >= 4 is 0 Å². The van der Waals surface area contributed by atoms with E-state index < -0.39 is 23.6 Å². The Morgan fingerprint density at radius 1 is 0.944 bits per heavy atom. The lowest BCUT2D eigenvalue weighted by Gasteiger charge is -2.28. The maximum Gasteiger partial charge on any atom is 0.460 e. The molecule has 0 radical (unpaired) electrons. The summed E-state index contributed by atoms with van der Waals surface area (Å²) < 4.78 is 87.7. The van der Waals surface area contributed by atoms with Crippen molar-refractivity contribution in [2.45, 2.75) is 31.9 Å². The number of aromatic nitrogens is 1. The van der Waals surface area contributed by atoms with E-state index in [1.165, 1.54) is 13.8 Å². The zero-order chi connectivity index (χ0) is 14.4. The average molecular weight is 275 g/mol. The molecule has 1 rings (SSSR count). The third-order valence-corrected chi connectivity index (χ3v) is 2.45. The first-order chi connectivity index (χ1) is 7.91. The summed E-state index contributed by atoms with van der Waals surface area (Å²) in [5.74, 6) is -11.5. The highest BCUT2D eigenvalue weighted by Gasteiger charge is 2.73. The molecule has 0 aliphatic rings. The Morgan fingerprint density at radius 2 is 1.44 bits per heavy atom. The highest BCUT2D eigenvalue weighted by Crippen LogP contribution is 2.51. The van der Waals surface area contributed by atoms with Crippen molar-refractivity contribution in [3.8, 4) is 0 Å². The van der Waals surface area contributed by atoms with Crippen molar-refractivity contribution in [1.29, 1.82) is 0 Å². The van der Waals surface area contributed by atoms with Crippen molar-refractivity contribution in [1.82, 2.24) is 4.98 Å². The molecule has 1 heterocycles. The van der Waals surface area contributed by atoms with E-state index in [9.17, 15) is 30.7 Å². The summed E-state index contributed by atoms with van der Waals surface area (Å²) in [5.41, 5.74) is -1.09. The quantitative estimate of drug-likeness (QED) is 0.744. The summed E-state index contributed by atoms with van der Waals surface area (Å²) in [4.78, 5) is 3.36. The third-order valence-electron chi connectivity index (χ3n) is 2.45. The minimum atomic E-state index is -6.34. The number of pyridine rings is 1. The SMILES string of the molecule is Cc1cc(C(F)(F)C(F)(F)C(F)(F)F)cnc1C. The molecular weight excluding hydrogens is 267 g/mol. The lowest BCUT2D eigenvalue weighted by molar-refractivity contribution is -0.359. The van der Waals surface area contributed by atoms with E-state index in [2.05, 4.69) is 4.98 Å². The zero-order valence-corrected chi connectivity index (χ0v) is 9.25. The second-order valence-electron chi connectivity index (χ2n) is 3.77. The highest BCUT2D eigenvalue weighted by atomic mass is 19.4. The Bertz CT molecular complexity index is 450. The standard InChI is InChI=1S/C10H8F7N/c1-5-3-7(4-18-6(5)2)8(11,12)9(13,14)10(15,16)17/h3-4H,1-2H3. The summed E-state index contributed by atoms with van der Waals surface area (Å²) in [6.07, 6.45) is -6.02. The van der Waals surface area contributed by atoms with Gasteiger partial charge < -0.3 is 0 Å². The molecule has 8 heteroatoms. The van der Waals surface area contributed by atoms with Crippen LogP contribution in [0.3, 0.4) is 0 Å². The fourth-order valence-corrected chi connectivity index (χ4v) is 1.17. The molecule has 102 valence electrons. The predicted octanol–water partition coefficient (Wildman–Crippen LogP) is 3.99. The Kier molecular flexibility index (Phi) is 3.35. The summed E-state index contributed by atoms with van der Waals surface area (Å²) in [6.45, 7) is 2.70. The highest BCUT2D eigenvalue weighted by molar-refractivity contribution is 5.28. The van der Waals surface area contributed by atoms with Gasteiger partial charge in [-0.1, -0.05) is 0 Å². The van der Waals surface area contributed by atoms with Gasteiger partial charge in [-0.05, 0) is 25.5 Å². The van der Waals surface area contributed by atoms with Crippen LogP contribution in [0.2, 0.25) is 0 Å². The first-order valence-corrected chi connectivity index (χ1v) is 4.67. The number of hydrogen-bond donors (Lipinski definition) is 0. The van der Waals surface area contributed by atoms with Gasteiger partial charge in [0.1, 0.15) is 0 Å². The maximum atomic E-state index is 13.2. The Balaban J connectivity index is 3.33. The van der Waals surface area contributed by atoms with Gasteiger partial charge in [0, 0.05) is 17.5 Å². The fraction of sp³-hybridized carbons (Fsp3) is 0.500. The molecule has 0 unspecified atom stereocenters. The van der Waals surface area contributed by atoms with Crippen molar-refractivity contribution in [2.75, 3.05) is 0 Å². The number of alkyl halides is 7. The molecule has 0 atom stereocenters. The van der Waals surface area contributed by atoms with Crippen LogP contribution >= 0.6 is 0 Å². The molecular formula is C10H8F7N. The van der Waals surface area contributed by atoms with E-state index >= 15 is 0 Å². The third kappa shape index (κ3) is 2.15. The number of rotatable bonds is 2. The monoisotopic (exact) mass is 275 g/mol. The molecule has 0 bridgehead atoms. The topological polar surface area (TPSA) is 12.9 Å². The predicted molar refractivity (Wildman–Crippen MR) is 48.6 cm³/mol. The van der Waals surface area contributed by atoms with Crippen LogP contribution in [0.25, 0.3) is 0 Å². The van der Waals surface area contributed by atoms with Gasteiger partial charge in [-0.15, -0.1) is 0 Å². The molecule has 1 aromatic rings. The molecule has 0 aliphatic carbocycles. The van der Waals surface area contributed by atoms with Crippen molar-refractivity contribution < 1.29 is 30.7 Å². The van der Waals surface area contributed by atoms with Gasteiger partial charge in [0.25, 0.3) is 0 Å². The maximum absolute atomic E-state index is 13.2. The van der Waals surface area contributed by atoms with Gasteiger partial charge in [-0.3, -0.25) is 4.98 Å². The first kappa shape index (κ1) is 14.7. The minimum Gasteiger partial charge on any atom is -0.261 e. The summed E-state index contributed by atoms with van der Waals surface area (Å²) in [5, 5.41) is 0. The molecule has 0 aliphatic heterocycles. The van der Waals surface area contributed by atoms with Crippen LogP contribution in [0.1, 0.15) is 16.8 Å². The summed E-state index contributed by atoms with van der Waals surface area (Å²) in [7, 11) is 0. The van der Waals surface area contributed by atoms with Crippen LogP contribution in [-0.4, -0.2) is 17.1 Å². The van der Waals surface area contributed by atoms with Gasteiger partial charge in [-0.2, -0.15) is 30.7 Å². The Labute approximate surface area is 97.6 Å². The van der Waals surface area contributed by atoms with Crippen molar-refractivity contribution in [3.05, 3.63) is 29.1 Å². The van der Waals surface area contributed by atoms with E-state index in [4.69, 9.17) is 0 Å². The first-order valence-electron chi connectivity index (χ1n) is 4.67. The number of halogens is 7. The van der Waals surface area contributed by atoms with E-state index in [1.54, 1.807) is 0 Å². The van der Waals surface area contributed by atoms with Crippen molar-refractivity contribution in [3.63, 3.8) is 0 Å². The lowest BCUT2D eigenvalue weighted by atomic mass is 10.0. The van der Waals surface area contributed by atoms with E-state index in [0.717, 1.165) is 0 Å². The van der Waals surface area contributed by atoms with Crippen LogP contribution in [-0.2, 0) is 5.92 Å². The molecule has 0 spiro atoms. The van der Waals surface area contributed by atoms with Gasteiger partial charge in [0.05, 0.1) is 0 Å². The zero-order valence-electron chi connectivity index (χ0n) is 9.25. The Hall–Kier alpha value is -1.34. The lowest BCUT2D eigenvalue weighted by Crippen LogP contribution is -2.50. The molecule has 0 amide bonds. The van der Waals surface area contributed by atoms with Crippen LogP contribution in [0, 0.1) is 13.8 Å². The van der Waals surface area contributed by atoms with E-state index in [0.29, 0.717) is 12.3 Å². The largest absolute Gasteiger partial charge is 0.460 e. The van der Waals surface area contributed by atoms with Gasteiger partial charge in [0.15, 0.2) is 0 Å². The molecule has 1 aromatic heterocycles. The molecule has 1 nitrogen and oxygen atoms in total. The molecule has 0 N–H and O–H groups in total. The number of nitrogens with zero attached hydrogens (tertiary/aromatic N) is 1. The number of hydrogen-bond acceptors (Lipinski definition) is 1. The summed E-state index contributed by atoms with van der Waals surface area (Å²) >= 11 is 0. The molecule has 0 fully saturated rings. The fourth-order valence-electron chi connectivity index (χ4n) is 1.17.